The zero-order valence-electron chi connectivity index (χ0n) is 14.3. The lowest BCUT2D eigenvalue weighted by molar-refractivity contribution is 0.102. The highest BCUT2D eigenvalue weighted by atomic mass is 32.2. The van der Waals surface area contributed by atoms with Crippen LogP contribution in [0.3, 0.4) is 0 Å². The Hall–Kier alpha value is -2.36. The number of amides is 1. The van der Waals surface area contributed by atoms with Crippen molar-refractivity contribution in [3.8, 4) is 0 Å². The quantitative estimate of drug-likeness (QED) is 0.698. The standard InChI is InChI=1S/C17H18N4O3S2/c1-3-21(4-2)26(23,24)13-5-6-14-15(11-13)25-17(19-14)20-16(22)12-7-9-18-10-8-12/h5-11H,3-4H2,1-2H3,(H,19,20,22). The number of nitrogens with one attached hydrogen (secondary N) is 1. The van der Waals surface area contributed by atoms with E-state index in [9.17, 15) is 13.2 Å². The maximum absolute atomic E-state index is 12.6. The van der Waals surface area contributed by atoms with Crippen LogP contribution in [0.4, 0.5) is 5.13 Å². The zero-order chi connectivity index (χ0) is 18.7. The van der Waals surface area contributed by atoms with E-state index in [2.05, 4.69) is 15.3 Å². The van der Waals surface area contributed by atoms with Gasteiger partial charge < -0.3 is 0 Å². The molecular formula is C17H18N4O3S2. The number of pyridine rings is 1. The normalized spacial score (nSPS) is 11.8. The molecule has 136 valence electrons. The number of fused-ring (bicyclic) bond motifs is 1. The Morgan fingerprint density at radius 2 is 1.85 bits per heavy atom. The molecule has 0 spiro atoms. The van der Waals surface area contributed by atoms with E-state index in [0.717, 1.165) is 0 Å². The molecule has 0 radical (unpaired) electrons. The molecule has 0 fully saturated rings. The van der Waals surface area contributed by atoms with Gasteiger partial charge in [0.05, 0.1) is 15.1 Å². The Bertz CT molecular complexity index is 1030. The molecule has 0 unspecified atom stereocenters. The molecule has 0 aliphatic rings. The molecule has 0 saturated heterocycles. The van der Waals surface area contributed by atoms with Gasteiger partial charge in [0, 0.05) is 31.0 Å². The minimum atomic E-state index is -3.53. The molecule has 0 atom stereocenters. The molecule has 26 heavy (non-hydrogen) atoms. The first-order valence-corrected chi connectivity index (χ1v) is 10.3. The van der Waals surface area contributed by atoms with Gasteiger partial charge in [-0.2, -0.15) is 4.31 Å². The van der Waals surface area contributed by atoms with E-state index < -0.39 is 10.0 Å². The molecule has 2 heterocycles. The predicted octanol–water partition coefficient (Wildman–Crippen LogP) is 2.97. The number of anilines is 1. The van der Waals surface area contributed by atoms with Gasteiger partial charge in [-0.05, 0) is 30.3 Å². The molecule has 0 aliphatic carbocycles. The first-order chi connectivity index (χ1) is 12.5. The fraction of sp³-hybridized carbons (Fsp3) is 0.235. The van der Waals surface area contributed by atoms with Crippen molar-refractivity contribution in [3.05, 3.63) is 48.3 Å². The van der Waals surface area contributed by atoms with Crippen molar-refractivity contribution in [2.24, 2.45) is 0 Å². The van der Waals surface area contributed by atoms with Crippen LogP contribution < -0.4 is 5.32 Å². The fourth-order valence-electron chi connectivity index (χ4n) is 2.50. The van der Waals surface area contributed by atoms with Crippen LogP contribution >= 0.6 is 11.3 Å². The lowest BCUT2D eigenvalue weighted by Gasteiger charge is -2.18. The van der Waals surface area contributed by atoms with Gasteiger partial charge in [0.25, 0.3) is 5.91 Å². The van der Waals surface area contributed by atoms with Crippen molar-refractivity contribution in [1.82, 2.24) is 14.3 Å². The number of hydrogen-bond donors (Lipinski definition) is 1. The highest BCUT2D eigenvalue weighted by molar-refractivity contribution is 7.89. The van der Waals surface area contributed by atoms with E-state index in [1.807, 2.05) is 0 Å². The maximum Gasteiger partial charge on any atom is 0.257 e. The Morgan fingerprint density at radius 1 is 1.15 bits per heavy atom. The van der Waals surface area contributed by atoms with E-state index in [1.54, 1.807) is 44.2 Å². The molecule has 7 nitrogen and oxygen atoms in total. The van der Waals surface area contributed by atoms with Crippen molar-refractivity contribution in [2.45, 2.75) is 18.7 Å². The summed E-state index contributed by atoms with van der Waals surface area (Å²) < 4.78 is 27.4. The third-order valence-electron chi connectivity index (χ3n) is 3.87. The van der Waals surface area contributed by atoms with Gasteiger partial charge in [-0.3, -0.25) is 15.1 Å². The van der Waals surface area contributed by atoms with E-state index >= 15 is 0 Å². The van der Waals surface area contributed by atoms with Crippen LogP contribution in [0.15, 0.2) is 47.6 Å². The summed E-state index contributed by atoms with van der Waals surface area (Å²) in [5.41, 5.74) is 1.11. The van der Waals surface area contributed by atoms with Crippen LogP contribution in [0, 0.1) is 0 Å². The van der Waals surface area contributed by atoms with Crippen molar-refractivity contribution < 1.29 is 13.2 Å². The number of carbonyl (C=O) groups is 1. The third-order valence-corrected chi connectivity index (χ3v) is 6.85. The minimum absolute atomic E-state index is 0.226. The molecule has 2 aromatic heterocycles. The smallest absolute Gasteiger partial charge is 0.257 e. The van der Waals surface area contributed by atoms with Crippen LogP contribution in [0.2, 0.25) is 0 Å². The lowest BCUT2D eigenvalue weighted by Crippen LogP contribution is -2.30. The van der Waals surface area contributed by atoms with Gasteiger partial charge in [-0.25, -0.2) is 13.4 Å². The Labute approximate surface area is 155 Å². The number of thiazole rings is 1. The maximum atomic E-state index is 12.6. The van der Waals surface area contributed by atoms with E-state index in [-0.39, 0.29) is 10.8 Å². The summed E-state index contributed by atoms with van der Waals surface area (Å²) >= 11 is 1.24. The van der Waals surface area contributed by atoms with E-state index in [4.69, 9.17) is 0 Å². The van der Waals surface area contributed by atoms with Crippen molar-refractivity contribution in [2.75, 3.05) is 18.4 Å². The second-order valence-electron chi connectivity index (χ2n) is 5.43. The number of carbonyl (C=O) groups excluding carboxylic acids is 1. The molecule has 0 aliphatic heterocycles. The summed E-state index contributed by atoms with van der Waals surface area (Å²) in [7, 11) is -3.53. The lowest BCUT2D eigenvalue weighted by atomic mass is 10.2. The van der Waals surface area contributed by atoms with Gasteiger partial charge in [0.2, 0.25) is 10.0 Å². The minimum Gasteiger partial charge on any atom is -0.298 e. The number of rotatable bonds is 6. The van der Waals surface area contributed by atoms with Gasteiger partial charge >= 0.3 is 0 Å². The molecule has 1 amide bonds. The highest BCUT2D eigenvalue weighted by Crippen LogP contribution is 2.29. The Kier molecular flexibility index (Phi) is 5.30. The van der Waals surface area contributed by atoms with Crippen LogP contribution in [0.5, 0.6) is 0 Å². The number of benzene rings is 1. The van der Waals surface area contributed by atoms with Crippen molar-refractivity contribution in [1.29, 1.82) is 0 Å². The van der Waals surface area contributed by atoms with Gasteiger partial charge in [0.1, 0.15) is 0 Å². The number of sulfonamides is 1. The van der Waals surface area contributed by atoms with Crippen molar-refractivity contribution >= 4 is 42.6 Å². The Balaban J connectivity index is 1.89. The molecule has 3 aromatic rings. The zero-order valence-corrected chi connectivity index (χ0v) is 16.0. The topological polar surface area (TPSA) is 92.3 Å². The molecule has 0 saturated carbocycles. The second-order valence-corrected chi connectivity index (χ2v) is 8.40. The van der Waals surface area contributed by atoms with Gasteiger partial charge in [-0.1, -0.05) is 25.2 Å². The summed E-state index contributed by atoms with van der Waals surface area (Å²) in [6.45, 7) is 4.43. The van der Waals surface area contributed by atoms with Crippen LogP contribution in [-0.4, -0.2) is 41.7 Å². The number of aromatic nitrogens is 2. The molecule has 0 bridgehead atoms. The summed E-state index contributed by atoms with van der Waals surface area (Å²) in [6, 6.07) is 8.02. The van der Waals surface area contributed by atoms with E-state index in [0.29, 0.717) is 34.0 Å². The monoisotopic (exact) mass is 390 g/mol. The van der Waals surface area contributed by atoms with Gasteiger partial charge in [-0.15, -0.1) is 0 Å². The average molecular weight is 390 g/mol. The number of nitrogens with zero attached hydrogens (tertiary/aromatic N) is 3. The fourth-order valence-corrected chi connectivity index (χ4v) is 4.96. The first kappa shape index (κ1) is 18.4. The van der Waals surface area contributed by atoms with Crippen LogP contribution in [0.25, 0.3) is 10.2 Å². The second kappa shape index (κ2) is 7.48. The SMILES string of the molecule is CCN(CC)S(=O)(=O)c1ccc2nc(NC(=O)c3ccncc3)sc2c1. The molecular weight excluding hydrogens is 372 g/mol. The summed E-state index contributed by atoms with van der Waals surface area (Å²) in [5.74, 6) is -0.289. The van der Waals surface area contributed by atoms with E-state index in [1.165, 1.54) is 28.0 Å². The number of hydrogen-bond acceptors (Lipinski definition) is 6. The van der Waals surface area contributed by atoms with Crippen LogP contribution in [-0.2, 0) is 10.0 Å². The molecule has 1 N–H and O–H groups in total. The molecule has 9 heteroatoms. The Morgan fingerprint density at radius 3 is 2.50 bits per heavy atom. The first-order valence-electron chi connectivity index (χ1n) is 8.07. The highest BCUT2D eigenvalue weighted by Gasteiger charge is 2.22. The summed E-state index contributed by atoms with van der Waals surface area (Å²) in [6.07, 6.45) is 3.08. The molecule has 3 rings (SSSR count). The summed E-state index contributed by atoms with van der Waals surface area (Å²) in [4.78, 5) is 20.7. The predicted molar refractivity (Wildman–Crippen MR) is 102 cm³/mol. The summed E-state index contributed by atoms with van der Waals surface area (Å²) in [5, 5.41) is 3.15. The average Bonchev–Trinajstić information content (AvgIpc) is 3.04. The third kappa shape index (κ3) is 3.59. The largest absolute Gasteiger partial charge is 0.298 e. The molecule has 1 aromatic carbocycles. The van der Waals surface area contributed by atoms with Crippen molar-refractivity contribution in [3.63, 3.8) is 0 Å². The van der Waals surface area contributed by atoms with Crippen LogP contribution in [0.1, 0.15) is 24.2 Å². The van der Waals surface area contributed by atoms with Gasteiger partial charge in [0.15, 0.2) is 5.13 Å².